The van der Waals surface area contributed by atoms with Gasteiger partial charge in [0.25, 0.3) is 0 Å². The molecule has 1 aromatic carbocycles. The van der Waals surface area contributed by atoms with Crippen LogP contribution >= 0.6 is 11.6 Å². The molecule has 1 heterocycles. The minimum Gasteiger partial charge on any atom is -0.361 e. The van der Waals surface area contributed by atoms with Gasteiger partial charge in [-0.15, -0.1) is 0 Å². The first kappa shape index (κ1) is 9.03. The topological polar surface area (TPSA) is 32.9 Å². The van der Waals surface area contributed by atoms with E-state index in [9.17, 15) is 4.79 Å². The van der Waals surface area contributed by atoms with E-state index in [0.717, 1.165) is 17.5 Å². The normalized spacial score (nSPS) is 10.1. The van der Waals surface area contributed by atoms with Crippen LogP contribution in [-0.2, 0) is 0 Å². The zero-order valence-electron chi connectivity index (χ0n) is 7.33. The van der Waals surface area contributed by atoms with Crippen LogP contribution in [0.2, 0.25) is 5.02 Å². The van der Waals surface area contributed by atoms with Gasteiger partial charge < -0.3 is 4.98 Å². The molecule has 0 radical (unpaired) electrons. The lowest BCUT2D eigenvalue weighted by atomic mass is 10.1. The maximum Gasteiger partial charge on any atom is 0.151 e. The first-order valence-electron chi connectivity index (χ1n) is 4.20. The summed E-state index contributed by atoms with van der Waals surface area (Å²) in [5.74, 6) is 0. The second-order valence-corrected chi connectivity index (χ2v) is 3.35. The van der Waals surface area contributed by atoms with E-state index in [1.165, 1.54) is 0 Å². The average molecular weight is 206 g/mol. The van der Waals surface area contributed by atoms with Gasteiger partial charge in [0.15, 0.2) is 6.29 Å². The number of hydrogen-bond donors (Lipinski definition) is 1. The van der Waals surface area contributed by atoms with Crippen molar-refractivity contribution in [2.45, 2.75) is 0 Å². The maximum absolute atomic E-state index is 10.5. The van der Waals surface area contributed by atoms with Crippen LogP contribution in [0.4, 0.5) is 0 Å². The van der Waals surface area contributed by atoms with Crippen LogP contribution in [0.15, 0.2) is 36.5 Å². The van der Waals surface area contributed by atoms with Gasteiger partial charge in [0.05, 0.1) is 5.02 Å². The fraction of sp³-hybridized carbons (Fsp3) is 0. The predicted octanol–water partition coefficient (Wildman–Crippen LogP) is 3.15. The highest BCUT2D eigenvalue weighted by atomic mass is 35.5. The zero-order valence-corrected chi connectivity index (χ0v) is 8.08. The van der Waals surface area contributed by atoms with Crippen LogP contribution in [0, 0.1) is 0 Å². The van der Waals surface area contributed by atoms with Gasteiger partial charge in [0.2, 0.25) is 0 Å². The van der Waals surface area contributed by atoms with Crippen molar-refractivity contribution in [1.29, 1.82) is 0 Å². The Hall–Kier alpha value is -1.54. The van der Waals surface area contributed by atoms with E-state index in [1.807, 2.05) is 24.4 Å². The molecular weight excluding hydrogens is 198 g/mol. The summed E-state index contributed by atoms with van der Waals surface area (Å²) in [4.78, 5) is 13.6. The van der Waals surface area contributed by atoms with Gasteiger partial charge in [-0.2, -0.15) is 0 Å². The summed E-state index contributed by atoms with van der Waals surface area (Å²) in [5, 5.41) is 0.479. The van der Waals surface area contributed by atoms with Crippen LogP contribution < -0.4 is 0 Å². The third-order valence-electron chi connectivity index (χ3n) is 2.04. The second-order valence-electron chi connectivity index (χ2n) is 2.94. The fourth-order valence-electron chi connectivity index (χ4n) is 1.30. The quantitative estimate of drug-likeness (QED) is 0.751. The lowest BCUT2D eigenvalue weighted by molar-refractivity contribution is 0.112. The molecule has 0 aliphatic rings. The Morgan fingerprint density at radius 3 is 2.71 bits per heavy atom. The van der Waals surface area contributed by atoms with Crippen molar-refractivity contribution >= 4 is 17.9 Å². The molecule has 0 amide bonds. The van der Waals surface area contributed by atoms with Gasteiger partial charge >= 0.3 is 0 Å². The number of rotatable bonds is 2. The summed E-state index contributed by atoms with van der Waals surface area (Å²) in [7, 11) is 0. The van der Waals surface area contributed by atoms with Crippen LogP contribution in [0.25, 0.3) is 11.3 Å². The first-order chi connectivity index (χ1) is 6.81. The smallest absolute Gasteiger partial charge is 0.151 e. The molecule has 2 nitrogen and oxygen atoms in total. The Balaban J connectivity index is 2.48. The van der Waals surface area contributed by atoms with Gasteiger partial charge in [-0.05, 0) is 29.8 Å². The molecule has 0 saturated heterocycles. The molecule has 0 atom stereocenters. The van der Waals surface area contributed by atoms with E-state index in [4.69, 9.17) is 11.6 Å². The molecule has 0 aliphatic heterocycles. The van der Waals surface area contributed by atoms with Crippen LogP contribution in [0.3, 0.4) is 0 Å². The van der Waals surface area contributed by atoms with Crippen molar-refractivity contribution in [2.75, 3.05) is 0 Å². The lowest BCUT2D eigenvalue weighted by Gasteiger charge is -2.00. The molecule has 2 aromatic rings. The van der Waals surface area contributed by atoms with Crippen LogP contribution in [-0.4, -0.2) is 11.3 Å². The Bertz CT molecular complexity index is 448. The van der Waals surface area contributed by atoms with Gasteiger partial charge in [0.1, 0.15) is 0 Å². The van der Waals surface area contributed by atoms with Gasteiger partial charge in [0, 0.05) is 17.5 Å². The monoisotopic (exact) mass is 205 g/mol. The van der Waals surface area contributed by atoms with Gasteiger partial charge in [-0.1, -0.05) is 17.7 Å². The maximum atomic E-state index is 10.5. The molecule has 1 aromatic heterocycles. The highest BCUT2D eigenvalue weighted by molar-refractivity contribution is 6.33. The summed E-state index contributed by atoms with van der Waals surface area (Å²) in [6, 6.07) is 9.22. The van der Waals surface area contributed by atoms with Crippen LogP contribution in [0.1, 0.15) is 10.4 Å². The van der Waals surface area contributed by atoms with Crippen molar-refractivity contribution < 1.29 is 4.79 Å². The molecule has 0 bridgehead atoms. The number of carbonyl (C=O) groups is 1. The molecule has 0 aliphatic carbocycles. The summed E-state index contributed by atoms with van der Waals surface area (Å²) >= 11 is 5.90. The molecule has 0 fully saturated rings. The first-order valence-corrected chi connectivity index (χ1v) is 4.57. The lowest BCUT2D eigenvalue weighted by Crippen LogP contribution is -1.83. The van der Waals surface area contributed by atoms with E-state index < -0.39 is 0 Å². The molecule has 70 valence electrons. The number of benzene rings is 1. The Labute approximate surface area is 86.5 Å². The molecule has 0 unspecified atom stereocenters. The number of aromatic amines is 1. The highest BCUT2D eigenvalue weighted by Crippen LogP contribution is 2.23. The van der Waals surface area contributed by atoms with Gasteiger partial charge in [-0.3, -0.25) is 4.79 Å². The predicted molar refractivity (Wildman–Crippen MR) is 56.6 cm³/mol. The Kier molecular flexibility index (Phi) is 2.37. The van der Waals surface area contributed by atoms with Crippen molar-refractivity contribution in [3.8, 4) is 11.3 Å². The number of hydrogen-bond acceptors (Lipinski definition) is 1. The third-order valence-corrected chi connectivity index (χ3v) is 2.36. The average Bonchev–Trinajstić information content (AvgIpc) is 2.70. The van der Waals surface area contributed by atoms with E-state index in [-0.39, 0.29) is 0 Å². The van der Waals surface area contributed by atoms with Gasteiger partial charge in [-0.25, -0.2) is 0 Å². The molecule has 0 spiro atoms. The molecule has 3 heteroatoms. The number of carbonyl (C=O) groups excluding carboxylic acids is 1. The summed E-state index contributed by atoms with van der Waals surface area (Å²) in [5.41, 5.74) is 2.48. The molecule has 14 heavy (non-hydrogen) atoms. The number of H-pyrrole nitrogens is 1. The summed E-state index contributed by atoms with van der Waals surface area (Å²) in [6.45, 7) is 0. The van der Waals surface area contributed by atoms with Crippen LogP contribution in [0.5, 0.6) is 0 Å². The number of aldehydes is 1. The van der Waals surface area contributed by atoms with Crippen molar-refractivity contribution in [2.24, 2.45) is 0 Å². The Morgan fingerprint density at radius 1 is 1.29 bits per heavy atom. The largest absolute Gasteiger partial charge is 0.361 e. The number of aromatic nitrogens is 1. The van der Waals surface area contributed by atoms with E-state index in [0.29, 0.717) is 10.6 Å². The molecule has 1 N–H and O–H groups in total. The minimum atomic E-state index is 0.479. The zero-order chi connectivity index (χ0) is 9.97. The van der Waals surface area contributed by atoms with E-state index in [2.05, 4.69) is 4.98 Å². The summed E-state index contributed by atoms with van der Waals surface area (Å²) < 4.78 is 0. The minimum absolute atomic E-state index is 0.479. The van der Waals surface area contributed by atoms with Crippen molar-refractivity contribution in [3.05, 3.63) is 47.1 Å². The molecular formula is C11H8ClNO. The Morgan fingerprint density at radius 2 is 2.14 bits per heavy atom. The number of nitrogens with one attached hydrogen (secondary N) is 1. The van der Waals surface area contributed by atoms with E-state index in [1.54, 1.807) is 12.1 Å². The fourth-order valence-corrected chi connectivity index (χ4v) is 1.53. The van der Waals surface area contributed by atoms with E-state index >= 15 is 0 Å². The standard InChI is InChI=1S/C11H8ClNO/c12-10-6-8(3-4-9(10)7-14)11-2-1-5-13-11/h1-7,13H. The van der Waals surface area contributed by atoms with Crippen molar-refractivity contribution in [3.63, 3.8) is 0 Å². The summed E-state index contributed by atoms with van der Waals surface area (Å²) in [6.07, 6.45) is 2.59. The molecule has 2 rings (SSSR count). The molecule has 0 saturated carbocycles. The third kappa shape index (κ3) is 1.56. The number of halogens is 1. The van der Waals surface area contributed by atoms with Crippen molar-refractivity contribution in [1.82, 2.24) is 4.98 Å². The second kappa shape index (κ2) is 3.68. The highest BCUT2D eigenvalue weighted by Gasteiger charge is 2.02. The SMILES string of the molecule is O=Cc1ccc(-c2ccc[nH]2)cc1Cl.